The molecule has 0 radical (unpaired) electrons. The van der Waals surface area contributed by atoms with Crippen molar-refractivity contribution in [1.82, 2.24) is 0 Å². The second kappa shape index (κ2) is 8.77. The Morgan fingerprint density at radius 3 is 2.31 bits per heavy atom. The standard InChI is InChI=1S/C26H29F3/c1-2-17-3-5-18(6-4-17)7-8-19-9-10-20-14-23(25(28)16-22(20)13-19)21-11-12-24(27)26(29)15-21/h9,11-12,14-18H,2-8,10,13H2,1H3. The van der Waals surface area contributed by atoms with Crippen LogP contribution in [-0.2, 0) is 12.8 Å². The molecule has 0 saturated heterocycles. The number of hydrogen-bond donors (Lipinski definition) is 0. The van der Waals surface area contributed by atoms with E-state index in [1.807, 2.05) is 0 Å². The Balaban J connectivity index is 1.42. The molecule has 0 heterocycles. The highest BCUT2D eigenvalue weighted by atomic mass is 19.2. The molecule has 2 aromatic rings. The molecule has 0 spiro atoms. The molecule has 0 amide bonds. The monoisotopic (exact) mass is 398 g/mol. The van der Waals surface area contributed by atoms with Gasteiger partial charge in [-0.15, -0.1) is 0 Å². The van der Waals surface area contributed by atoms with E-state index >= 15 is 0 Å². The van der Waals surface area contributed by atoms with Crippen LogP contribution in [0.15, 0.2) is 42.0 Å². The number of hydrogen-bond acceptors (Lipinski definition) is 0. The van der Waals surface area contributed by atoms with Crippen molar-refractivity contribution in [2.75, 3.05) is 0 Å². The zero-order valence-corrected chi connectivity index (χ0v) is 17.1. The van der Waals surface area contributed by atoms with Crippen LogP contribution in [0.5, 0.6) is 0 Å². The molecular formula is C26H29F3. The van der Waals surface area contributed by atoms with Gasteiger partial charge in [-0.25, -0.2) is 13.2 Å². The molecule has 0 N–H and O–H groups in total. The quantitative estimate of drug-likeness (QED) is 0.451. The molecular weight excluding hydrogens is 369 g/mol. The van der Waals surface area contributed by atoms with E-state index in [2.05, 4.69) is 13.0 Å². The van der Waals surface area contributed by atoms with Gasteiger partial charge in [-0.2, -0.15) is 0 Å². The summed E-state index contributed by atoms with van der Waals surface area (Å²) in [5.74, 6) is -0.460. The van der Waals surface area contributed by atoms with E-state index in [0.29, 0.717) is 11.1 Å². The Hall–Kier alpha value is -2.03. The summed E-state index contributed by atoms with van der Waals surface area (Å²) in [5.41, 5.74) is 4.24. The lowest BCUT2D eigenvalue weighted by Gasteiger charge is -2.28. The highest BCUT2D eigenvalue weighted by Gasteiger charge is 2.21. The van der Waals surface area contributed by atoms with Crippen LogP contribution in [0.25, 0.3) is 11.1 Å². The van der Waals surface area contributed by atoms with Crippen molar-refractivity contribution >= 4 is 0 Å². The summed E-state index contributed by atoms with van der Waals surface area (Å²) in [6.45, 7) is 2.30. The van der Waals surface area contributed by atoms with Crippen LogP contribution >= 0.6 is 0 Å². The van der Waals surface area contributed by atoms with Gasteiger partial charge in [0.1, 0.15) is 5.82 Å². The molecule has 2 aromatic carbocycles. The first kappa shape index (κ1) is 20.3. The van der Waals surface area contributed by atoms with E-state index in [0.717, 1.165) is 54.4 Å². The van der Waals surface area contributed by atoms with Crippen LogP contribution in [0, 0.1) is 29.3 Å². The maximum atomic E-state index is 14.7. The van der Waals surface area contributed by atoms with E-state index < -0.39 is 11.6 Å². The van der Waals surface area contributed by atoms with E-state index in [1.54, 1.807) is 12.1 Å². The van der Waals surface area contributed by atoms with Crippen molar-refractivity contribution in [3.63, 3.8) is 0 Å². The lowest BCUT2D eigenvalue weighted by molar-refractivity contribution is 0.258. The number of fused-ring (bicyclic) bond motifs is 1. The fourth-order valence-corrected chi connectivity index (χ4v) is 4.98. The van der Waals surface area contributed by atoms with Crippen LogP contribution in [-0.4, -0.2) is 0 Å². The molecule has 3 heteroatoms. The number of benzene rings is 2. The molecule has 1 fully saturated rings. The van der Waals surface area contributed by atoms with Crippen LogP contribution in [0.1, 0.15) is 63.0 Å². The summed E-state index contributed by atoms with van der Waals surface area (Å²) < 4.78 is 41.5. The Labute approximate surface area is 171 Å². The number of rotatable bonds is 5. The number of halogens is 3. The molecule has 0 nitrogen and oxygen atoms in total. The Kier molecular flexibility index (Phi) is 6.12. The van der Waals surface area contributed by atoms with Crippen molar-refractivity contribution < 1.29 is 13.2 Å². The predicted molar refractivity (Wildman–Crippen MR) is 112 cm³/mol. The normalized spacial score (nSPS) is 21.6. The largest absolute Gasteiger partial charge is 0.206 e. The molecule has 0 bridgehead atoms. The van der Waals surface area contributed by atoms with Gasteiger partial charge in [-0.1, -0.05) is 56.7 Å². The summed E-state index contributed by atoms with van der Waals surface area (Å²) in [5, 5.41) is 0. The van der Waals surface area contributed by atoms with Gasteiger partial charge in [-0.05, 0) is 78.5 Å². The van der Waals surface area contributed by atoms with Gasteiger partial charge in [0.15, 0.2) is 11.6 Å². The fraction of sp³-hybridized carbons (Fsp3) is 0.462. The number of allylic oxidation sites excluding steroid dienone is 2. The van der Waals surface area contributed by atoms with Crippen LogP contribution in [0.4, 0.5) is 13.2 Å². The minimum absolute atomic E-state index is 0.340. The van der Waals surface area contributed by atoms with Gasteiger partial charge in [0.2, 0.25) is 0 Å². The van der Waals surface area contributed by atoms with E-state index in [9.17, 15) is 13.2 Å². The lowest BCUT2D eigenvalue weighted by Crippen LogP contribution is -2.14. The molecule has 2 aliphatic rings. The van der Waals surface area contributed by atoms with Crippen molar-refractivity contribution in [1.29, 1.82) is 0 Å². The molecule has 29 heavy (non-hydrogen) atoms. The molecule has 0 unspecified atom stereocenters. The van der Waals surface area contributed by atoms with Crippen LogP contribution in [0.2, 0.25) is 0 Å². The Bertz CT molecular complexity index is 904. The maximum Gasteiger partial charge on any atom is 0.159 e. The lowest BCUT2D eigenvalue weighted by atomic mass is 9.78. The van der Waals surface area contributed by atoms with E-state index in [4.69, 9.17) is 0 Å². The second-order valence-corrected chi connectivity index (χ2v) is 8.81. The average molecular weight is 399 g/mol. The smallest absolute Gasteiger partial charge is 0.159 e. The van der Waals surface area contributed by atoms with Crippen molar-refractivity contribution in [3.8, 4) is 11.1 Å². The van der Waals surface area contributed by atoms with Gasteiger partial charge in [0.05, 0.1) is 0 Å². The molecule has 1 saturated carbocycles. The molecule has 0 aliphatic heterocycles. The Morgan fingerprint density at radius 2 is 1.59 bits per heavy atom. The molecule has 0 atom stereocenters. The van der Waals surface area contributed by atoms with Crippen molar-refractivity contribution in [2.45, 2.75) is 64.7 Å². The maximum absolute atomic E-state index is 14.7. The van der Waals surface area contributed by atoms with Gasteiger partial charge in [0, 0.05) is 5.56 Å². The van der Waals surface area contributed by atoms with Gasteiger partial charge < -0.3 is 0 Å². The summed E-state index contributed by atoms with van der Waals surface area (Å²) in [7, 11) is 0. The first-order valence-electron chi connectivity index (χ1n) is 11.0. The van der Waals surface area contributed by atoms with Crippen LogP contribution in [0.3, 0.4) is 0 Å². The predicted octanol–water partition coefficient (Wildman–Crippen LogP) is 7.79. The Morgan fingerprint density at radius 1 is 0.828 bits per heavy atom. The summed E-state index contributed by atoms with van der Waals surface area (Å²) in [6.07, 6.45) is 13.0. The van der Waals surface area contributed by atoms with Crippen molar-refractivity contribution in [2.24, 2.45) is 11.8 Å². The average Bonchev–Trinajstić information content (AvgIpc) is 2.74. The summed E-state index contributed by atoms with van der Waals surface area (Å²) >= 11 is 0. The van der Waals surface area contributed by atoms with E-state index in [-0.39, 0.29) is 5.82 Å². The SMILES string of the molecule is CCC1CCC(CCC2=CCc3cc(-c4ccc(F)c(F)c4)c(F)cc3C2)CC1. The van der Waals surface area contributed by atoms with Gasteiger partial charge in [-0.3, -0.25) is 0 Å². The second-order valence-electron chi connectivity index (χ2n) is 8.81. The van der Waals surface area contributed by atoms with E-state index in [1.165, 1.54) is 50.2 Å². The molecule has 4 rings (SSSR count). The van der Waals surface area contributed by atoms with Crippen molar-refractivity contribution in [3.05, 3.63) is 70.6 Å². The summed E-state index contributed by atoms with van der Waals surface area (Å²) in [6, 6.07) is 6.94. The van der Waals surface area contributed by atoms with Crippen LogP contribution < -0.4 is 0 Å². The molecule has 154 valence electrons. The summed E-state index contributed by atoms with van der Waals surface area (Å²) in [4.78, 5) is 0. The fourth-order valence-electron chi connectivity index (χ4n) is 4.98. The highest BCUT2D eigenvalue weighted by molar-refractivity contribution is 5.66. The topological polar surface area (TPSA) is 0 Å². The first-order chi connectivity index (χ1) is 14.0. The minimum atomic E-state index is -0.949. The zero-order chi connectivity index (χ0) is 20.4. The van der Waals surface area contributed by atoms with Gasteiger partial charge in [0.25, 0.3) is 0 Å². The highest BCUT2D eigenvalue weighted by Crippen LogP contribution is 2.36. The third-order valence-corrected chi connectivity index (χ3v) is 6.97. The molecule has 0 aromatic heterocycles. The van der Waals surface area contributed by atoms with Gasteiger partial charge >= 0.3 is 0 Å². The third-order valence-electron chi connectivity index (χ3n) is 6.97. The molecule has 2 aliphatic carbocycles. The first-order valence-corrected chi connectivity index (χ1v) is 11.0. The zero-order valence-electron chi connectivity index (χ0n) is 17.1. The minimum Gasteiger partial charge on any atom is -0.206 e. The third kappa shape index (κ3) is 4.60.